The molecule has 1 aromatic heterocycles. The highest BCUT2D eigenvalue weighted by atomic mass is 19.1. The topological polar surface area (TPSA) is 29.9 Å². The molecular formula is C11H12FN3. The molecule has 0 aliphatic carbocycles. The highest BCUT2D eigenvalue weighted by Gasteiger charge is 2.00. The first-order valence-corrected chi connectivity index (χ1v) is 4.73. The van der Waals surface area contributed by atoms with Crippen LogP contribution in [0.15, 0.2) is 36.7 Å². The van der Waals surface area contributed by atoms with Crippen molar-refractivity contribution in [2.24, 2.45) is 0 Å². The fourth-order valence-electron chi connectivity index (χ4n) is 1.42. The first-order chi connectivity index (χ1) is 7.29. The Balaban J connectivity index is 2.29. The molecule has 0 amide bonds. The molecule has 0 unspecified atom stereocenters. The van der Waals surface area contributed by atoms with Crippen LogP contribution in [0.25, 0.3) is 5.69 Å². The number of halogens is 1. The second-order valence-corrected chi connectivity index (χ2v) is 3.30. The molecule has 3 nitrogen and oxygen atoms in total. The lowest BCUT2D eigenvalue weighted by atomic mass is 10.3. The highest BCUT2D eigenvalue weighted by Crippen LogP contribution is 2.09. The predicted molar refractivity (Wildman–Crippen MR) is 56.3 cm³/mol. The molecule has 0 aliphatic rings. The van der Waals surface area contributed by atoms with Gasteiger partial charge in [-0.3, -0.25) is 0 Å². The number of nitrogens with one attached hydrogen (secondary N) is 1. The zero-order valence-corrected chi connectivity index (χ0v) is 8.44. The van der Waals surface area contributed by atoms with Gasteiger partial charge >= 0.3 is 0 Å². The van der Waals surface area contributed by atoms with Gasteiger partial charge in [-0.05, 0) is 25.2 Å². The van der Waals surface area contributed by atoms with Gasteiger partial charge in [0, 0.05) is 18.3 Å². The van der Waals surface area contributed by atoms with Crippen LogP contribution in [0.3, 0.4) is 0 Å². The van der Waals surface area contributed by atoms with Gasteiger partial charge in [0.05, 0.1) is 11.9 Å². The molecular weight excluding hydrogens is 193 g/mol. The van der Waals surface area contributed by atoms with Gasteiger partial charge in [-0.1, -0.05) is 6.07 Å². The summed E-state index contributed by atoms with van der Waals surface area (Å²) in [5, 5.41) is 7.19. The van der Waals surface area contributed by atoms with E-state index in [9.17, 15) is 4.39 Å². The van der Waals surface area contributed by atoms with Crippen LogP contribution in [-0.4, -0.2) is 16.8 Å². The van der Waals surface area contributed by atoms with Crippen molar-refractivity contribution in [3.05, 3.63) is 48.0 Å². The van der Waals surface area contributed by atoms with Crippen molar-refractivity contribution < 1.29 is 4.39 Å². The van der Waals surface area contributed by atoms with E-state index in [1.165, 1.54) is 12.1 Å². The molecule has 0 atom stereocenters. The van der Waals surface area contributed by atoms with E-state index in [1.807, 2.05) is 19.3 Å². The molecule has 0 radical (unpaired) electrons. The molecule has 78 valence electrons. The first kappa shape index (κ1) is 9.86. The second-order valence-electron chi connectivity index (χ2n) is 3.30. The molecule has 1 N–H and O–H groups in total. The van der Waals surface area contributed by atoms with E-state index >= 15 is 0 Å². The van der Waals surface area contributed by atoms with E-state index in [2.05, 4.69) is 10.4 Å². The van der Waals surface area contributed by atoms with Crippen molar-refractivity contribution >= 4 is 0 Å². The van der Waals surface area contributed by atoms with Gasteiger partial charge in [0.2, 0.25) is 0 Å². The molecule has 2 aromatic rings. The summed E-state index contributed by atoms with van der Waals surface area (Å²) in [7, 11) is 1.87. The number of rotatable bonds is 3. The zero-order valence-electron chi connectivity index (χ0n) is 8.44. The maximum atomic E-state index is 13.0. The van der Waals surface area contributed by atoms with E-state index in [4.69, 9.17) is 0 Å². The van der Waals surface area contributed by atoms with Crippen LogP contribution in [0, 0.1) is 5.82 Å². The van der Waals surface area contributed by atoms with Crippen molar-refractivity contribution in [2.45, 2.75) is 6.54 Å². The fraction of sp³-hybridized carbons (Fsp3) is 0.182. The van der Waals surface area contributed by atoms with E-state index < -0.39 is 0 Å². The Hall–Kier alpha value is -1.68. The van der Waals surface area contributed by atoms with Gasteiger partial charge in [-0.25, -0.2) is 9.07 Å². The maximum Gasteiger partial charge on any atom is 0.125 e. The molecule has 0 saturated heterocycles. The molecule has 0 aliphatic heterocycles. The van der Waals surface area contributed by atoms with Crippen LogP contribution in [-0.2, 0) is 6.54 Å². The van der Waals surface area contributed by atoms with Crippen LogP contribution >= 0.6 is 0 Å². The minimum absolute atomic E-state index is 0.252. The number of hydrogen-bond donors (Lipinski definition) is 1. The van der Waals surface area contributed by atoms with Crippen molar-refractivity contribution in [1.82, 2.24) is 15.1 Å². The number of benzene rings is 1. The summed E-state index contributed by atoms with van der Waals surface area (Å²) in [5.41, 5.74) is 1.80. The first-order valence-electron chi connectivity index (χ1n) is 4.73. The average Bonchev–Trinajstić information content (AvgIpc) is 2.67. The van der Waals surface area contributed by atoms with Crippen molar-refractivity contribution in [1.29, 1.82) is 0 Å². The Kier molecular flexibility index (Phi) is 2.78. The second kappa shape index (κ2) is 4.23. The number of aromatic nitrogens is 2. The van der Waals surface area contributed by atoms with Crippen LogP contribution in [0.4, 0.5) is 4.39 Å². The lowest BCUT2D eigenvalue weighted by Gasteiger charge is -2.00. The van der Waals surface area contributed by atoms with Gasteiger partial charge in [0.25, 0.3) is 0 Å². The normalized spacial score (nSPS) is 10.5. The Morgan fingerprint density at radius 3 is 3.07 bits per heavy atom. The summed E-state index contributed by atoms with van der Waals surface area (Å²) in [6.07, 6.45) is 3.65. The Bertz CT molecular complexity index is 451. The third-order valence-corrected chi connectivity index (χ3v) is 2.09. The summed E-state index contributed by atoms with van der Waals surface area (Å²) in [6.45, 7) is 0.759. The van der Waals surface area contributed by atoms with Gasteiger partial charge in [0.1, 0.15) is 5.82 Å². The monoisotopic (exact) mass is 205 g/mol. The molecule has 0 fully saturated rings. The van der Waals surface area contributed by atoms with E-state index in [0.29, 0.717) is 0 Å². The number of hydrogen-bond acceptors (Lipinski definition) is 2. The fourth-order valence-corrected chi connectivity index (χ4v) is 1.42. The van der Waals surface area contributed by atoms with Gasteiger partial charge in [-0.2, -0.15) is 5.10 Å². The molecule has 0 spiro atoms. The summed E-state index contributed by atoms with van der Waals surface area (Å²) in [6, 6.07) is 6.36. The van der Waals surface area contributed by atoms with Crippen LogP contribution in [0.1, 0.15) is 5.56 Å². The van der Waals surface area contributed by atoms with Gasteiger partial charge in [-0.15, -0.1) is 0 Å². The van der Waals surface area contributed by atoms with E-state index in [0.717, 1.165) is 17.8 Å². The lowest BCUT2D eigenvalue weighted by molar-refractivity contribution is 0.625. The summed E-state index contributed by atoms with van der Waals surface area (Å²) in [4.78, 5) is 0. The van der Waals surface area contributed by atoms with Crippen LogP contribution < -0.4 is 5.32 Å². The van der Waals surface area contributed by atoms with Crippen LogP contribution in [0.5, 0.6) is 0 Å². The Morgan fingerprint density at radius 2 is 2.33 bits per heavy atom. The highest BCUT2D eigenvalue weighted by molar-refractivity contribution is 5.31. The zero-order chi connectivity index (χ0) is 10.7. The Labute approximate surface area is 87.5 Å². The average molecular weight is 205 g/mol. The van der Waals surface area contributed by atoms with Crippen molar-refractivity contribution in [3.8, 4) is 5.69 Å². The maximum absolute atomic E-state index is 13.0. The van der Waals surface area contributed by atoms with E-state index in [-0.39, 0.29) is 5.82 Å². The molecule has 15 heavy (non-hydrogen) atoms. The minimum Gasteiger partial charge on any atom is -0.316 e. The van der Waals surface area contributed by atoms with Gasteiger partial charge < -0.3 is 5.32 Å². The number of nitrogens with zero attached hydrogens (tertiary/aromatic N) is 2. The summed E-state index contributed by atoms with van der Waals surface area (Å²) in [5.74, 6) is -0.252. The third-order valence-electron chi connectivity index (χ3n) is 2.09. The molecule has 1 aromatic carbocycles. The SMILES string of the molecule is CNCc1cnn(-c2cccc(F)c2)c1. The van der Waals surface area contributed by atoms with Crippen molar-refractivity contribution in [2.75, 3.05) is 7.05 Å². The lowest BCUT2D eigenvalue weighted by Crippen LogP contribution is -2.03. The third kappa shape index (κ3) is 2.22. The summed E-state index contributed by atoms with van der Waals surface area (Å²) >= 11 is 0. The largest absolute Gasteiger partial charge is 0.316 e. The standard InChI is InChI=1S/C11H12FN3/c1-13-6-9-7-14-15(8-9)11-4-2-3-10(12)5-11/h2-5,7-8,13H,6H2,1H3. The van der Waals surface area contributed by atoms with Gasteiger partial charge in [0.15, 0.2) is 0 Å². The smallest absolute Gasteiger partial charge is 0.125 e. The quantitative estimate of drug-likeness (QED) is 0.827. The molecule has 0 bridgehead atoms. The van der Waals surface area contributed by atoms with E-state index in [1.54, 1.807) is 16.9 Å². The van der Waals surface area contributed by atoms with Crippen molar-refractivity contribution in [3.63, 3.8) is 0 Å². The van der Waals surface area contributed by atoms with Crippen LogP contribution in [0.2, 0.25) is 0 Å². The summed E-state index contributed by atoms with van der Waals surface area (Å²) < 4.78 is 14.6. The molecule has 1 heterocycles. The Morgan fingerprint density at radius 1 is 1.47 bits per heavy atom. The minimum atomic E-state index is -0.252. The predicted octanol–water partition coefficient (Wildman–Crippen LogP) is 1.73. The molecule has 0 saturated carbocycles. The molecule has 2 rings (SSSR count). The molecule has 4 heteroatoms.